The fraction of sp³-hybridized carbons (Fsp3) is 0.615. The number of amides is 2. The van der Waals surface area contributed by atoms with E-state index in [0.717, 1.165) is 5.69 Å². The second-order valence-electron chi connectivity index (χ2n) is 5.26. The number of likely N-dealkylation sites (N-methyl/N-ethyl adjacent to an activating group) is 1. The Morgan fingerprint density at radius 1 is 1.35 bits per heavy atom. The molecule has 1 atom stereocenters. The summed E-state index contributed by atoms with van der Waals surface area (Å²) >= 11 is 0. The number of carbonyl (C=O) groups excluding carboxylic acids is 2. The Morgan fingerprint density at radius 2 is 2.05 bits per heavy atom. The molecule has 0 bridgehead atoms. The lowest BCUT2D eigenvalue weighted by Crippen LogP contribution is -2.59. The molecule has 0 saturated carbocycles. The van der Waals surface area contributed by atoms with Gasteiger partial charge in [0, 0.05) is 39.4 Å². The number of rotatable bonds is 2. The second kappa shape index (κ2) is 5.62. The molecule has 1 aliphatic rings. The van der Waals surface area contributed by atoms with Crippen molar-refractivity contribution in [3.05, 3.63) is 17.0 Å². The molecule has 2 rings (SSSR count). The van der Waals surface area contributed by atoms with E-state index in [0.29, 0.717) is 30.9 Å². The normalized spacial score (nSPS) is 19.0. The molecule has 1 aromatic rings. The van der Waals surface area contributed by atoms with Crippen LogP contribution in [-0.2, 0) is 4.79 Å². The number of hydrogen-bond acceptors (Lipinski definition) is 4. The Hall–Kier alpha value is -1.89. The third-order valence-electron chi connectivity index (χ3n) is 3.57. The van der Waals surface area contributed by atoms with Crippen molar-refractivity contribution in [2.45, 2.75) is 19.9 Å². The molecule has 2 N–H and O–H groups in total. The maximum atomic E-state index is 12.7. The van der Waals surface area contributed by atoms with E-state index < -0.39 is 6.04 Å². The lowest BCUT2D eigenvalue weighted by Gasteiger charge is -2.36. The summed E-state index contributed by atoms with van der Waals surface area (Å²) < 4.78 is 0. The first-order chi connectivity index (χ1) is 9.43. The van der Waals surface area contributed by atoms with Gasteiger partial charge >= 0.3 is 0 Å². The van der Waals surface area contributed by atoms with Gasteiger partial charge in [-0.15, -0.1) is 0 Å². The van der Waals surface area contributed by atoms with Gasteiger partial charge in [0.1, 0.15) is 6.04 Å². The average molecular weight is 279 g/mol. The molecule has 7 heteroatoms. The van der Waals surface area contributed by atoms with E-state index in [1.54, 1.807) is 25.9 Å². The van der Waals surface area contributed by atoms with E-state index in [-0.39, 0.29) is 11.8 Å². The minimum atomic E-state index is -0.458. The standard InChI is InChI=1S/C13H21N5O2/c1-8-11(9(2)16-15-8)13(20)18-6-5-14-7-10(18)12(19)17(3)4/h10,14H,5-7H2,1-4H3,(H,15,16). The average Bonchev–Trinajstić information content (AvgIpc) is 2.76. The van der Waals surface area contributed by atoms with Crippen LogP contribution in [0.25, 0.3) is 0 Å². The summed E-state index contributed by atoms with van der Waals surface area (Å²) in [6, 6.07) is -0.458. The molecule has 0 spiro atoms. The van der Waals surface area contributed by atoms with Crippen molar-refractivity contribution >= 4 is 11.8 Å². The molecule has 2 heterocycles. The Kier molecular flexibility index (Phi) is 4.08. The molecule has 7 nitrogen and oxygen atoms in total. The van der Waals surface area contributed by atoms with Crippen molar-refractivity contribution in [3.8, 4) is 0 Å². The van der Waals surface area contributed by atoms with Gasteiger partial charge in [-0.05, 0) is 13.8 Å². The number of aromatic amines is 1. The maximum absolute atomic E-state index is 12.7. The number of H-pyrrole nitrogens is 1. The number of carbonyl (C=O) groups is 2. The van der Waals surface area contributed by atoms with Crippen molar-refractivity contribution in [1.82, 2.24) is 25.3 Å². The first kappa shape index (κ1) is 14.5. The molecule has 110 valence electrons. The Bertz CT molecular complexity index is 503. The second-order valence-corrected chi connectivity index (χ2v) is 5.26. The Morgan fingerprint density at radius 3 is 2.60 bits per heavy atom. The van der Waals surface area contributed by atoms with E-state index in [1.807, 2.05) is 6.92 Å². The van der Waals surface area contributed by atoms with Crippen LogP contribution < -0.4 is 5.32 Å². The fourth-order valence-electron chi connectivity index (χ4n) is 2.48. The van der Waals surface area contributed by atoms with E-state index >= 15 is 0 Å². The Balaban J connectivity index is 2.29. The molecule has 0 aromatic carbocycles. The van der Waals surface area contributed by atoms with E-state index in [2.05, 4.69) is 15.5 Å². The highest BCUT2D eigenvalue weighted by Gasteiger charge is 2.35. The van der Waals surface area contributed by atoms with Crippen LogP contribution in [0.5, 0.6) is 0 Å². The van der Waals surface area contributed by atoms with Gasteiger partial charge in [-0.25, -0.2) is 0 Å². The summed E-state index contributed by atoms with van der Waals surface area (Å²) in [5.74, 6) is -0.195. The van der Waals surface area contributed by atoms with Crippen LogP contribution in [-0.4, -0.2) is 71.6 Å². The van der Waals surface area contributed by atoms with E-state index in [1.165, 1.54) is 4.90 Å². The molecule has 1 saturated heterocycles. The smallest absolute Gasteiger partial charge is 0.258 e. The lowest BCUT2D eigenvalue weighted by atomic mass is 10.1. The van der Waals surface area contributed by atoms with Gasteiger partial charge in [0.15, 0.2) is 0 Å². The van der Waals surface area contributed by atoms with E-state index in [4.69, 9.17) is 0 Å². The third kappa shape index (κ3) is 2.53. The first-order valence-electron chi connectivity index (χ1n) is 6.68. The summed E-state index contributed by atoms with van der Waals surface area (Å²) in [6.07, 6.45) is 0. The van der Waals surface area contributed by atoms with Gasteiger partial charge in [-0.1, -0.05) is 0 Å². The zero-order valence-electron chi connectivity index (χ0n) is 12.4. The van der Waals surface area contributed by atoms with Crippen molar-refractivity contribution in [2.24, 2.45) is 0 Å². The summed E-state index contributed by atoms with van der Waals surface area (Å²) in [4.78, 5) is 28.1. The van der Waals surface area contributed by atoms with Gasteiger partial charge < -0.3 is 15.1 Å². The quantitative estimate of drug-likeness (QED) is 0.767. The van der Waals surface area contributed by atoms with Crippen LogP contribution in [0.2, 0.25) is 0 Å². The SMILES string of the molecule is Cc1n[nH]c(C)c1C(=O)N1CCNCC1C(=O)N(C)C. The topological polar surface area (TPSA) is 81.3 Å². The highest BCUT2D eigenvalue weighted by atomic mass is 16.2. The van der Waals surface area contributed by atoms with Gasteiger partial charge in [-0.3, -0.25) is 14.7 Å². The van der Waals surface area contributed by atoms with Crippen LogP contribution in [0.15, 0.2) is 0 Å². The molecule has 2 amide bonds. The van der Waals surface area contributed by atoms with Gasteiger partial charge in [0.25, 0.3) is 5.91 Å². The van der Waals surface area contributed by atoms with Crippen molar-refractivity contribution in [1.29, 1.82) is 0 Å². The summed E-state index contributed by atoms with van der Waals surface area (Å²) in [7, 11) is 3.40. The summed E-state index contributed by atoms with van der Waals surface area (Å²) in [6.45, 7) is 5.31. The monoisotopic (exact) mass is 279 g/mol. The minimum Gasteiger partial charge on any atom is -0.347 e. The number of aromatic nitrogens is 2. The molecule has 0 aliphatic carbocycles. The zero-order chi connectivity index (χ0) is 14.9. The third-order valence-corrected chi connectivity index (χ3v) is 3.57. The highest BCUT2D eigenvalue weighted by molar-refractivity contribution is 5.99. The van der Waals surface area contributed by atoms with E-state index in [9.17, 15) is 9.59 Å². The van der Waals surface area contributed by atoms with Gasteiger partial charge in [0.2, 0.25) is 5.91 Å². The highest BCUT2D eigenvalue weighted by Crippen LogP contribution is 2.16. The molecule has 0 radical (unpaired) electrons. The van der Waals surface area contributed by atoms with Crippen LogP contribution in [0, 0.1) is 13.8 Å². The molecular weight excluding hydrogens is 258 g/mol. The zero-order valence-corrected chi connectivity index (χ0v) is 12.4. The minimum absolute atomic E-state index is 0.0654. The molecule has 1 aromatic heterocycles. The first-order valence-corrected chi connectivity index (χ1v) is 6.68. The van der Waals surface area contributed by atoms with Gasteiger partial charge in [0.05, 0.1) is 11.3 Å². The summed E-state index contributed by atoms with van der Waals surface area (Å²) in [5.41, 5.74) is 1.98. The van der Waals surface area contributed by atoms with Crippen molar-refractivity contribution < 1.29 is 9.59 Å². The molecular formula is C13H21N5O2. The van der Waals surface area contributed by atoms with Crippen LogP contribution in [0.4, 0.5) is 0 Å². The Labute approximate surface area is 118 Å². The molecule has 1 unspecified atom stereocenters. The molecule has 1 fully saturated rings. The predicted molar refractivity (Wildman–Crippen MR) is 74.4 cm³/mol. The number of piperazine rings is 1. The largest absolute Gasteiger partial charge is 0.347 e. The fourth-order valence-corrected chi connectivity index (χ4v) is 2.48. The number of hydrogen-bond donors (Lipinski definition) is 2. The number of nitrogens with one attached hydrogen (secondary N) is 2. The van der Waals surface area contributed by atoms with Crippen LogP contribution in [0.3, 0.4) is 0 Å². The van der Waals surface area contributed by atoms with Crippen LogP contribution >= 0.6 is 0 Å². The van der Waals surface area contributed by atoms with Crippen molar-refractivity contribution in [2.75, 3.05) is 33.7 Å². The van der Waals surface area contributed by atoms with Gasteiger partial charge in [-0.2, -0.15) is 5.10 Å². The van der Waals surface area contributed by atoms with Crippen LogP contribution in [0.1, 0.15) is 21.7 Å². The molecule has 20 heavy (non-hydrogen) atoms. The maximum Gasteiger partial charge on any atom is 0.258 e. The lowest BCUT2D eigenvalue weighted by molar-refractivity contribution is -0.134. The summed E-state index contributed by atoms with van der Waals surface area (Å²) in [5, 5.41) is 10.0. The predicted octanol–water partition coefficient (Wildman–Crippen LogP) is -0.471. The number of nitrogens with zero attached hydrogens (tertiary/aromatic N) is 3. The molecule has 1 aliphatic heterocycles. The van der Waals surface area contributed by atoms with Crippen molar-refractivity contribution in [3.63, 3.8) is 0 Å². The number of aryl methyl sites for hydroxylation is 2.